The molecule has 0 aliphatic carbocycles. The Morgan fingerprint density at radius 2 is 1.62 bits per heavy atom. The second-order valence-corrected chi connectivity index (χ2v) is 6.84. The van der Waals surface area contributed by atoms with Crippen molar-refractivity contribution in [3.8, 4) is 0 Å². The Labute approximate surface area is 166 Å². The van der Waals surface area contributed by atoms with E-state index in [9.17, 15) is 5.11 Å². The second-order valence-electron chi connectivity index (χ2n) is 6.84. The number of carboxylic acid groups (broad SMARTS) is 2. The minimum absolute atomic E-state index is 0. The van der Waals surface area contributed by atoms with E-state index in [1.807, 2.05) is 5.06 Å². The molecular formula is C15H30NNaO7. The average Bonchev–Trinajstić information content (AvgIpc) is 2.33. The maximum absolute atomic E-state index is 9.65. The number of aliphatic hydroxyl groups is 1. The van der Waals surface area contributed by atoms with Crippen LogP contribution in [0.5, 0.6) is 0 Å². The fourth-order valence-corrected chi connectivity index (χ4v) is 3.27. The number of nitrogens with zero attached hydrogens (tertiary/aromatic N) is 1. The Morgan fingerprint density at radius 3 is 1.96 bits per heavy atom. The summed E-state index contributed by atoms with van der Waals surface area (Å²) in [4.78, 5) is 14.0. The van der Waals surface area contributed by atoms with Crippen LogP contribution >= 0.6 is 0 Å². The van der Waals surface area contributed by atoms with Crippen molar-refractivity contribution < 1.29 is 64.0 Å². The molecule has 1 aliphatic rings. The topological polar surface area (TPSA) is 112 Å². The third-order valence-electron chi connectivity index (χ3n) is 3.62. The van der Waals surface area contributed by atoms with E-state index in [1.54, 1.807) is 14.2 Å². The van der Waals surface area contributed by atoms with E-state index < -0.39 is 12.3 Å². The minimum Gasteiger partial charge on any atom is -0.565 e. The van der Waals surface area contributed by atoms with Crippen molar-refractivity contribution in [3.05, 3.63) is 0 Å². The summed E-state index contributed by atoms with van der Waals surface area (Å²) in [6.45, 7) is 9.23. The maximum atomic E-state index is 9.65. The molecule has 8 nitrogen and oxygen atoms in total. The van der Waals surface area contributed by atoms with Crippen LogP contribution in [0.3, 0.4) is 0 Å². The van der Waals surface area contributed by atoms with Gasteiger partial charge in [-0.3, -0.25) is 0 Å². The molecule has 0 radical (unpaired) electrons. The molecule has 0 spiro atoms. The molecule has 138 valence electrons. The first-order chi connectivity index (χ1) is 10.5. The number of rotatable bonds is 6. The zero-order chi connectivity index (χ0) is 18.3. The summed E-state index contributed by atoms with van der Waals surface area (Å²) in [6.07, 6.45) is -0.756. The van der Waals surface area contributed by atoms with Gasteiger partial charge in [0, 0.05) is 18.2 Å². The number of hydroxylamine groups is 2. The molecule has 1 saturated heterocycles. The van der Waals surface area contributed by atoms with E-state index in [2.05, 4.69) is 27.7 Å². The summed E-state index contributed by atoms with van der Waals surface area (Å²) in [7, 11) is 3.29. The number of carbonyl (C=O) groups is 1. The van der Waals surface area contributed by atoms with Crippen LogP contribution in [0.4, 0.5) is 4.79 Å². The summed E-state index contributed by atoms with van der Waals surface area (Å²) in [5.74, 6) is 0. The molecule has 1 unspecified atom stereocenters. The van der Waals surface area contributed by atoms with E-state index in [4.69, 9.17) is 29.3 Å². The monoisotopic (exact) mass is 359 g/mol. The van der Waals surface area contributed by atoms with E-state index in [-0.39, 0.29) is 46.7 Å². The molecule has 0 bridgehead atoms. The number of ether oxygens (including phenoxy) is 2. The standard InChI is InChI=1S/C14H29NO4.CH2O3.Na/c1-13(2)7-12(19-10-11(16)9-17-5)8-14(3,4)15(13)18-6;2-1(3)4;/h11-12,16H,7-10H2,1-6H3;(H2,2,3,4);/q;;+1/p-1. The molecule has 0 saturated carbocycles. The Morgan fingerprint density at radius 1 is 1.21 bits per heavy atom. The van der Waals surface area contributed by atoms with Crippen LogP contribution in [-0.2, 0) is 14.3 Å². The summed E-state index contributed by atoms with van der Waals surface area (Å²) < 4.78 is 10.8. The average molecular weight is 359 g/mol. The SMILES string of the molecule is COCC(O)COC1CC(C)(C)N(OC)C(C)(C)C1.O=C([O-])O.[Na+]. The molecule has 0 amide bonds. The third-order valence-corrected chi connectivity index (χ3v) is 3.62. The predicted octanol–water partition coefficient (Wildman–Crippen LogP) is -2.51. The van der Waals surface area contributed by atoms with Crippen LogP contribution in [0.2, 0.25) is 0 Å². The number of hydrogen-bond acceptors (Lipinski definition) is 7. The van der Waals surface area contributed by atoms with E-state index in [0.29, 0.717) is 13.2 Å². The predicted molar refractivity (Wildman–Crippen MR) is 81.9 cm³/mol. The first-order valence-corrected chi connectivity index (χ1v) is 7.49. The van der Waals surface area contributed by atoms with Crippen LogP contribution in [0, 0.1) is 0 Å². The Kier molecular flexibility index (Phi) is 12.8. The maximum Gasteiger partial charge on any atom is 1.00 e. The summed E-state index contributed by atoms with van der Waals surface area (Å²) in [5, 5.41) is 27.0. The Balaban J connectivity index is 0. The fraction of sp³-hybridized carbons (Fsp3) is 0.933. The first kappa shape index (κ1) is 26.3. The van der Waals surface area contributed by atoms with E-state index in [1.165, 1.54) is 0 Å². The van der Waals surface area contributed by atoms with Gasteiger partial charge in [0.15, 0.2) is 0 Å². The van der Waals surface area contributed by atoms with Crippen molar-refractivity contribution in [2.75, 3.05) is 27.4 Å². The molecule has 1 rings (SSSR count). The van der Waals surface area contributed by atoms with Gasteiger partial charge in [0.1, 0.15) is 6.10 Å². The van der Waals surface area contributed by atoms with Crippen LogP contribution in [0.25, 0.3) is 0 Å². The van der Waals surface area contributed by atoms with Crippen molar-refractivity contribution >= 4 is 6.16 Å². The number of aliphatic hydroxyl groups excluding tert-OH is 1. The van der Waals surface area contributed by atoms with Gasteiger partial charge in [0.05, 0.1) is 26.4 Å². The summed E-state index contributed by atoms with van der Waals surface area (Å²) in [5.41, 5.74) is -0.180. The fourth-order valence-electron chi connectivity index (χ4n) is 3.27. The molecule has 2 N–H and O–H groups in total. The summed E-state index contributed by atoms with van der Waals surface area (Å²) >= 11 is 0. The van der Waals surface area contributed by atoms with Gasteiger partial charge in [-0.25, -0.2) is 0 Å². The Hall–Kier alpha value is 0.0700. The van der Waals surface area contributed by atoms with Crippen molar-refractivity contribution in [2.24, 2.45) is 0 Å². The minimum atomic E-state index is -2.08. The van der Waals surface area contributed by atoms with Gasteiger partial charge < -0.3 is 34.4 Å². The van der Waals surface area contributed by atoms with Gasteiger partial charge in [-0.15, -0.1) is 0 Å². The molecule has 0 aromatic heterocycles. The van der Waals surface area contributed by atoms with Gasteiger partial charge in [-0.1, -0.05) is 0 Å². The molecule has 1 aliphatic heterocycles. The van der Waals surface area contributed by atoms with Crippen molar-refractivity contribution in [1.29, 1.82) is 0 Å². The van der Waals surface area contributed by atoms with Gasteiger partial charge in [0.25, 0.3) is 0 Å². The molecule has 9 heteroatoms. The van der Waals surface area contributed by atoms with Gasteiger partial charge in [-0.2, -0.15) is 5.06 Å². The number of hydrogen-bond donors (Lipinski definition) is 2. The van der Waals surface area contributed by atoms with Crippen LogP contribution in [-0.4, -0.2) is 72.2 Å². The molecular weight excluding hydrogens is 329 g/mol. The molecule has 1 heterocycles. The van der Waals surface area contributed by atoms with Crippen molar-refractivity contribution in [3.63, 3.8) is 0 Å². The molecule has 24 heavy (non-hydrogen) atoms. The molecule has 1 fully saturated rings. The molecule has 1 atom stereocenters. The number of methoxy groups -OCH3 is 1. The van der Waals surface area contributed by atoms with E-state index >= 15 is 0 Å². The van der Waals surface area contributed by atoms with E-state index in [0.717, 1.165) is 12.8 Å². The smallest absolute Gasteiger partial charge is 0.565 e. The zero-order valence-electron chi connectivity index (χ0n) is 15.9. The molecule has 0 aromatic rings. The van der Waals surface area contributed by atoms with Crippen LogP contribution < -0.4 is 34.7 Å². The van der Waals surface area contributed by atoms with Gasteiger partial charge in [0.2, 0.25) is 6.16 Å². The number of piperidine rings is 1. The van der Waals surface area contributed by atoms with Gasteiger partial charge >= 0.3 is 29.6 Å². The first-order valence-electron chi connectivity index (χ1n) is 7.49. The van der Waals surface area contributed by atoms with Crippen LogP contribution in [0.1, 0.15) is 40.5 Å². The van der Waals surface area contributed by atoms with Crippen molar-refractivity contribution in [1.82, 2.24) is 5.06 Å². The summed E-state index contributed by atoms with van der Waals surface area (Å²) in [6, 6.07) is 0. The van der Waals surface area contributed by atoms with Gasteiger partial charge in [-0.05, 0) is 40.5 Å². The normalized spacial score (nSPS) is 21.1. The zero-order valence-corrected chi connectivity index (χ0v) is 17.9. The second kappa shape index (κ2) is 11.6. The Bertz CT molecular complexity index is 344. The van der Waals surface area contributed by atoms with Crippen LogP contribution in [0.15, 0.2) is 0 Å². The largest absolute Gasteiger partial charge is 1.00 e. The quantitative estimate of drug-likeness (QED) is 0.500. The van der Waals surface area contributed by atoms with Crippen molar-refractivity contribution in [2.45, 2.75) is 63.8 Å². The third kappa shape index (κ3) is 9.53. The molecule has 0 aromatic carbocycles.